The van der Waals surface area contributed by atoms with Gasteiger partial charge in [0.25, 0.3) is 0 Å². The summed E-state index contributed by atoms with van der Waals surface area (Å²) in [5.74, 6) is 0.743. The molecule has 0 saturated heterocycles. The SMILES string of the molecule is COc1cc(OC)c(NC(=O)C(C)Sc2nnnn2C2CC2)cc1Cl. The summed E-state index contributed by atoms with van der Waals surface area (Å²) in [4.78, 5) is 12.5. The normalized spacial score (nSPS) is 14.9. The number of methoxy groups -OCH3 is 2. The molecule has 1 atom stereocenters. The van der Waals surface area contributed by atoms with Gasteiger partial charge in [0.15, 0.2) is 0 Å². The van der Waals surface area contributed by atoms with E-state index in [1.54, 1.807) is 23.7 Å². The largest absolute Gasteiger partial charge is 0.495 e. The summed E-state index contributed by atoms with van der Waals surface area (Å²) in [6.07, 6.45) is 2.14. The van der Waals surface area contributed by atoms with Gasteiger partial charge in [0.1, 0.15) is 11.5 Å². The molecule has 8 nitrogen and oxygen atoms in total. The maximum atomic E-state index is 12.5. The van der Waals surface area contributed by atoms with E-state index in [0.717, 1.165) is 12.8 Å². The Hall–Kier alpha value is -2.00. The topological polar surface area (TPSA) is 91.2 Å². The molecule has 1 aromatic carbocycles. The van der Waals surface area contributed by atoms with E-state index in [2.05, 4.69) is 20.8 Å². The van der Waals surface area contributed by atoms with Crippen LogP contribution >= 0.6 is 23.4 Å². The molecule has 1 unspecified atom stereocenters. The highest BCUT2D eigenvalue weighted by Crippen LogP contribution is 2.38. The molecular formula is C15H18ClN5O3S. The van der Waals surface area contributed by atoms with Crippen molar-refractivity contribution in [1.29, 1.82) is 0 Å². The Bertz CT molecular complexity index is 781. The molecule has 1 aromatic heterocycles. The first-order valence-electron chi connectivity index (χ1n) is 7.70. The summed E-state index contributed by atoms with van der Waals surface area (Å²) >= 11 is 7.45. The third-order valence-corrected chi connectivity index (χ3v) is 5.08. The van der Waals surface area contributed by atoms with E-state index in [1.165, 1.54) is 26.0 Å². The van der Waals surface area contributed by atoms with Gasteiger partial charge in [-0.25, -0.2) is 4.68 Å². The first-order chi connectivity index (χ1) is 12.0. The molecular weight excluding hydrogens is 366 g/mol. The molecule has 134 valence electrons. The number of hydrogen-bond donors (Lipinski definition) is 1. The molecule has 1 fully saturated rings. The third-order valence-electron chi connectivity index (χ3n) is 3.74. The maximum Gasteiger partial charge on any atom is 0.237 e. The molecule has 0 spiro atoms. The van der Waals surface area contributed by atoms with Gasteiger partial charge in [0.05, 0.1) is 36.2 Å². The lowest BCUT2D eigenvalue weighted by atomic mass is 10.2. The minimum Gasteiger partial charge on any atom is -0.495 e. The van der Waals surface area contributed by atoms with Crippen LogP contribution in [0.3, 0.4) is 0 Å². The molecule has 1 aliphatic rings. The fourth-order valence-electron chi connectivity index (χ4n) is 2.22. The molecule has 0 aliphatic heterocycles. The van der Waals surface area contributed by atoms with E-state index in [0.29, 0.717) is 33.4 Å². The van der Waals surface area contributed by atoms with Crippen molar-refractivity contribution in [1.82, 2.24) is 20.2 Å². The third kappa shape index (κ3) is 3.98. The number of nitrogens with one attached hydrogen (secondary N) is 1. The standard InChI is InChI=1S/C15H18ClN5O3S/c1-8(25-15-18-19-20-21(15)9-4-5-9)14(22)17-11-6-10(16)12(23-2)7-13(11)24-3/h6-9H,4-5H2,1-3H3,(H,17,22). The summed E-state index contributed by atoms with van der Waals surface area (Å²) < 4.78 is 12.2. The monoisotopic (exact) mass is 383 g/mol. The molecule has 1 amide bonds. The second kappa shape index (κ2) is 7.49. The van der Waals surface area contributed by atoms with Crippen LogP contribution in [0.4, 0.5) is 5.69 Å². The van der Waals surface area contributed by atoms with Gasteiger partial charge < -0.3 is 14.8 Å². The first kappa shape index (κ1) is 17.8. The predicted molar refractivity (Wildman–Crippen MR) is 94.6 cm³/mol. The van der Waals surface area contributed by atoms with Crippen LogP contribution in [0.2, 0.25) is 5.02 Å². The van der Waals surface area contributed by atoms with Crippen LogP contribution in [0.5, 0.6) is 11.5 Å². The van der Waals surface area contributed by atoms with E-state index in [-0.39, 0.29) is 5.91 Å². The van der Waals surface area contributed by atoms with Crippen molar-refractivity contribution >= 4 is 35.0 Å². The van der Waals surface area contributed by atoms with Gasteiger partial charge in [-0.3, -0.25) is 4.79 Å². The maximum absolute atomic E-state index is 12.5. The van der Waals surface area contributed by atoms with Gasteiger partial charge in [-0.05, 0) is 36.3 Å². The summed E-state index contributed by atoms with van der Waals surface area (Å²) in [5.41, 5.74) is 0.479. The van der Waals surface area contributed by atoms with Gasteiger partial charge in [-0.15, -0.1) is 5.10 Å². The number of rotatable bonds is 7. The number of amides is 1. The summed E-state index contributed by atoms with van der Waals surface area (Å²) in [6, 6.07) is 3.58. The Kier molecular flexibility index (Phi) is 5.33. The number of carbonyl (C=O) groups is 1. The molecule has 1 aliphatic carbocycles. The number of benzene rings is 1. The van der Waals surface area contributed by atoms with Crippen LogP contribution in [0, 0.1) is 0 Å². The van der Waals surface area contributed by atoms with Crippen LogP contribution < -0.4 is 14.8 Å². The molecule has 2 aromatic rings. The van der Waals surface area contributed by atoms with Crippen LogP contribution in [-0.4, -0.2) is 45.6 Å². The Morgan fingerprint density at radius 2 is 2.08 bits per heavy atom. The average molecular weight is 384 g/mol. The van der Waals surface area contributed by atoms with Gasteiger partial charge in [0, 0.05) is 6.07 Å². The van der Waals surface area contributed by atoms with E-state index in [1.807, 2.05) is 0 Å². The van der Waals surface area contributed by atoms with Crippen LogP contribution in [0.25, 0.3) is 0 Å². The zero-order valence-corrected chi connectivity index (χ0v) is 15.6. The fourth-order valence-corrected chi connectivity index (χ4v) is 3.32. The highest BCUT2D eigenvalue weighted by molar-refractivity contribution is 8.00. The highest BCUT2D eigenvalue weighted by atomic mass is 35.5. The minimum atomic E-state index is -0.394. The molecule has 0 bridgehead atoms. The van der Waals surface area contributed by atoms with Gasteiger partial charge in [-0.2, -0.15) is 0 Å². The quantitative estimate of drug-likeness (QED) is 0.735. The Morgan fingerprint density at radius 1 is 1.36 bits per heavy atom. The molecule has 25 heavy (non-hydrogen) atoms. The van der Waals surface area contributed by atoms with E-state index >= 15 is 0 Å². The van der Waals surface area contributed by atoms with Crippen LogP contribution in [0.1, 0.15) is 25.8 Å². The number of carbonyl (C=O) groups excluding carboxylic acids is 1. The molecule has 1 heterocycles. The second-order valence-electron chi connectivity index (χ2n) is 5.57. The zero-order valence-electron chi connectivity index (χ0n) is 14.0. The van der Waals surface area contributed by atoms with Crippen LogP contribution in [-0.2, 0) is 4.79 Å². The van der Waals surface area contributed by atoms with Crippen molar-refractivity contribution in [2.75, 3.05) is 19.5 Å². The average Bonchev–Trinajstić information content (AvgIpc) is 3.34. The van der Waals surface area contributed by atoms with Crippen molar-refractivity contribution < 1.29 is 14.3 Å². The fraction of sp³-hybridized carbons (Fsp3) is 0.467. The number of halogens is 1. The van der Waals surface area contributed by atoms with E-state index < -0.39 is 5.25 Å². The summed E-state index contributed by atoms with van der Waals surface area (Å²) in [7, 11) is 3.03. The number of nitrogens with zero attached hydrogens (tertiary/aromatic N) is 4. The van der Waals surface area contributed by atoms with Gasteiger partial charge in [-0.1, -0.05) is 23.4 Å². The van der Waals surface area contributed by atoms with Crippen LogP contribution in [0.15, 0.2) is 17.3 Å². The number of hydrogen-bond acceptors (Lipinski definition) is 7. The van der Waals surface area contributed by atoms with Gasteiger partial charge in [0.2, 0.25) is 11.1 Å². The van der Waals surface area contributed by atoms with Gasteiger partial charge >= 0.3 is 0 Å². The Labute approximate surface area is 154 Å². The van der Waals surface area contributed by atoms with Crippen molar-refractivity contribution in [2.45, 2.75) is 36.2 Å². The van der Waals surface area contributed by atoms with Crippen molar-refractivity contribution in [2.24, 2.45) is 0 Å². The lowest BCUT2D eigenvalue weighted by molar-refractivity contribution is -0.115. The highest BCUT2D eigenvalue weighted by Gasteiger charge is 2.29. The number of thioether (sulfide) groups is 1. The predicted octanol–water partition coefficient (Wildman–Crippen LogP) is 2.80. The molecule has 1 saturated carbocycles. The Balaban J connectivity index is 1.71. The number of anilines is 1. The zero-order chi connectivity index (χ0) is 18.0. The first-order valence-corrected chi connectivity index (χ1v) is 8.96. The smallest absolute Gasteiger partial charge is 0.237 e. The molecule has 3 rings (SSSR count). The number of ether oxygens (including phenoxy) is 2. The lowest BCUT2D eigenvalue weighted by Gasteiger charge is -2.15. The molecule has 10 heteroatoms. The van der Waals surface area contributed by atoms with E-state index in [9.17, 15) is 4.79 Å². The number of aromatic nitrogens is 4. The number of tetrazole rings is 1. The van der Waals surface area contributed by atoms with E-state index in [4.69, 9.17) is 21.1 Å². The second-order valence-corrected chi connectivity index (χ2v) is 7.29. The summed E-state index contributed by atoms with van der Waals surface area (Å²) in [5, 5.41) is 15.1. The molecule has 1 N–H and O–H groups in total. The van der Waals surface area contributed by atoms with Crippen molar-refractivity contribution in [3.63, 3.8) is 0 Å². The van der Waals surface area contributed by atoms with Crippen molar-refractivity contribution in [3.05, 3.63) is 17.2 Å². The van der Waals surface area contributed by atoms with Crippen molar-refractivity contribution in [3.8, 4) is 11.5 Å². The summed E-state index contributed by atoms with van der Waals surface area (Å²) in [6.45, 7) is 1.80. The lowest BCUT2D eigenvalue weighted by Crippen LogP contribution is -2.23. The Morgan fingerprint density at radius 3 is 2.72 bits per heavy atom. The minimum absolute atomic E-state index is 0.199. The molecule has 0 radical (unpaired) electrons.